The molecule has 2 saturated heterocycles. The lowest BCUT2D eigenvalue weighted by Crippen LogP contribution is -2.39. The van der Waals surface area contributed by atoms with Gasteiger partial charge in [0.05, 0.1) is 0 Å². The van der Waals surface area contributed by atoms with Gasteiger partial charge in [-0.3, -0.25) is 5.10 Å². The third kappa shape index (κ3) is 2.60. The second kappa shape index (κ2) is 5.46. The van der Waals surface area contributed by atoms with Crippen molar-refractivity contribution in [2.75, 3.05) is 31.1 Å². The number of piperidine rings is 1. The number of anilines is 1. The first kappa shape index (κ1) is 12.9. The van der Waals surface area contributed by atoms with E-state index in [1.165, 1.54) is 12.8 Å². The zero-order valence-electron chi connectivity index (χ0n) is 11.5. The van der Waals surface area contributed by atoms with Crippen LogP contribution in [0.1, 0.15) is 38.1 Å². The lowest BCUT2D eigenvalue weighted by molar-refractivity contribution is 0.0876. The highest BCUT2D eigenvalue weighted by Gasteiger charge is 2.30. The molecule has 3 heterocycles. The van der Waals surface area contributed by atoms with Gasteiger partial charge in [-0.1, -0.05) is 6.92 Å². The topological polar surface area (TPSA) is 80.1 Å². The third-order valence-corrected chi connectivity index (χ3v) is 4.28. The molecular formula is C13H23N5O. The van der Waals surface area contributed by atoms with E-state index < -0.39 is 0 Å². The van der Waals surface area contributed by atoms with Gasteiger partial charge in [-0.05, 0) is 37.6 Å². The Labute approximate surface area is 113 Å². The number of nitrogens with two attached hydrogens (primary N) is 1. The van der Waals surface area contributed by atoms with E-state index in [1.807, 2.05) is 0 Å². The summed E-state index contributed by atoms with van der Waals surface area (Å²) < 4.78 is 5.72. The molecule has 3 N–H and O–H groups in total. The molecule has 3 rings (SSSR count). The molecule has 2 aliphatic heterocycles. The summed E-state index contributed by atoms with van der Waals surface area (Å²) in [5.74, 6) is 2.75. The molecule has 0 bridgehead atoms. The Balaban J connectivity index is 1.70. The molecule has 0 aliphatic carbocycles. The van der Waals surface area contributed by atoms with E-state index in [4.69, 9.17) is 10.5 Å². The molecule has 6 heteroatoms. The van der Waals surface area contributed by atoms with Crippen molar-refractivity contribution in [3.8, 4) is 0 Å². The van der Waals surface area contributed by atoms with E-state index in [0.29, 0.717) is 11.8 Å². The Morgan fingerprint density at radius 1 is 1.47 bits per heavy atom. The summed E-state index contributed by atoms with van der Waals surface area (Å²) in [7, 11) is 0. The van der Waals surface area contributed by atoms with Crippen LogP contribution >= 0.6 is 0 Å². The molecule has 0 aromatic carbocycles. The average Bonchev–Trinajstić information content (AvgIpc) is 3.07. The number of hydrogen-bond acceptors (Lipinski definition) is 5. The Hall–Kier alpha value is -1.14. The van der Waals surface area contributed by atoms with Crippen molar-refractivity contribution in [2.24, 2.45) is 17.6 Å². The van der Waals surface area contributed by atoms with Crippen LogP contribution in [-0.4, -0.2) is 41.4 Å². The standard InChI is InChI=1S/C13H23N5O/c1-9-4-6-19-11(9)12-15-13(17-16-12)18-5-2-3-10(7-14)8-18/h9-11H,2-8,14H2,1H3,(H,15,16,17). The van der Waals surface area contributed by atoms with Crippen molar-refractivity contribution in [1.29, 1.82) is 0 Å². The van der Waals surface area contributed by atoms with Crippen molar-refractivity contribution in [3.05, 3.63) is 5.82 Å². The van der Waals surface area contributed by atoms with Gasteiger partial charge in [-0.15, -0.1) is 5.10 Å². The molecule has 0 saturated carbocycles. The van der Waals surface area contributed by atoms with Crippen LogP contribution in [-0.2, 0) is 4.74 Å². The average molecular weight is 265 g/mol. The molecule has 19 heavy (non-hydrogen) atoms. The van der Waals surface area contributed by atoms with Crippen LogP contribution in [0.5, 0.6) is 0 Å². The number of H-pyrrole nitrogens is 1. The van der Waals surface area contributed by atoms with Gasteiger partial charge >= 0.3 is 0 Å². The fourth-order valence-corrected chi connectivity index (χ4v) is 3.02. The Morgan fingerprint density at radius 3 is 3.11 bits per heavy atom. The lowest BCUT2D eigenvalue weighted by Gasteiger charge is -2.31. The van der Waals surface area contributed by atoms with Crippen LogP contribution in [0.15, 0.2) is 0 Å². The second-order valence-electron chi connectivity index (χ2n) is 5.77. The Bertz CT molecular complexity index is 421. The first-order chi connectivity index (χ1) is 9.28. The van der Waals surface area contributed by atoms with E-state index in [9.17, 15) is 0 Å². The minimum atomic E-state index is 0.0799. The molecule has 3 unspecified atom stereocenters. The van der Waals surface area contributed by atoms with Gasteiger partial charge < -0.3 is 15.4 Å². The molecule has 0 spiro atoms. The number of aromatic amines is 1. The van der Waals surface area contributed by atoms with Gasteiger partial charge in [-0.25, -0.2) is 0 Å². The van der Waals surface area contributed by atoms with Gasteiger partial charge in [0.25, 0.3) is 0 Å². The summed E-state index contributed by atoms with van der Waals surface area (Å²) in [6.07, 6.45) is 3.56. The molecule has 1 aromatic heterocycles. The fourth-order valence-electron chi connectivity index (χ4n) is 3.02. The van der Waals surface area contributed by atoms with Gasteiger partial charge in [-0.2, -0.15) is 4.98 Å². The van der Waals surface area contributed by atoms with Crippen LogP contribution in [0.2, 0.25) is 0 Å². The van der Waals surface area contributed by atoms with E-state index >= 15 is 0 Å². The molecule has 0 radical (unpaired) electrons. The normalized spacial score (nSPS) is 31.9. The summed E-state index contributed by atoms with van der Waals surface area (Å²) in [6.45, 7) is 5.76. The third-order valence-electron chi connectivity index (χ3n) is 4.28. The highest BCUT2D eigenvalue weighted by Crippen LogP contribution is 2.32. The van der Waals surface area contributed by atoms with Gasteiger partial charge in [0.1, 0.15) is 6.10 Å². The number of hydrogen-bond donors (Lipinski definition) is 2. The highest BCUT2D eigenvalue weighted by atomic mass is 16.5. The maximum absolute atomic E-state index is 5.77. The number of rotatable bonds is 3. The maximum atomic E-state index is 5.77. The summed E-state index contributed by atoms with van der Waals surface area (Å²) in [4.78, 5) is 6.87. The fraction of sp³-hybridized carbons (Fsp3) is 0.846. The van der Waals surface area contributed by atoms with Crippen LogP contribution in [0.4, 0.5) is 5.95 Å². The quantitative estimate of drug-likeness (QED) is 0.854. The first-order valence-corrected chi connectivity index (χ1v) is 7.27. The van der Waals surface area contributed by atoms with E-state index in [0.717, 1.165) is 44.4 Å². The van der Waals surface area contributed by atoms with Crippen LogP contribution in [0.3, 0.4) is 0 Å². The van der Waals surface area contributed by atoms with Gasteiger partial charge in [0.15, 0.2) is 5.82 Å². The lowest BCUT2D eigenvalue weighted by atomic mass is 9.99. The van der Waals surface area contributed by atoms with E-state index in [2.05, 4.69) is 27.0 Å². The van der Waals surface area contributed by atoms with Crippen LogP contribution in [0.25, 0.3) is 0 Å². The molecule has 106 valence electrons. The van der Waals surface area contributed by atoms with Gasteiger partial charge in [0, 0.05) is 19.7 Å². The highest BCUT2D eigenvalue weighted by molar-refractivity contribution is 5.30. The molecule has 0 amide bonds. The van der Waals surface area contributed by atoms with Crippen molar-refractivity contribution >= 4 is 5.95 Å². The minimum Gasteiger partial charge on any atom is -0.370 e. The second-order valence-corrected chi connectivity index (χ2v) is 5.77. The predicted octanol–water partition coefficient (Wildman–Crippen LogP) is 1.08. The largest absolute Gasteiger partial charge is 0.370 e. The zero-order valence-corrected chi connectivity index (χ0v) is 11.5. The number of ether oxygens (including phenoxy) is 1. The summed E-state index contributed by atoms with van der Waals surface area (Å²) in [6, 6.07) is 0. The van der Waals surface area contributed by atoms with E-state index in [1.54, 1.807) is 0 Å². The molecule has 1 aromatic rings. The Morgan fingerprint density at radius 2 is 2.37 bits per heavy atom. The number of nitrogens with zero attached hydrogens (tertiary/aromatic N) is 3. The molecular weight excluding hydrogens is 242 g/mol. The summed E-state index contributed by atoms with van der Waals surface area (Å²) >= 11 is 0. The number of aromatic nitrogens is 3. The predicted molar refractivity (Wildman–Crippen MR) is 72.8 cm³/mol. The minimum absolute atomic E-state index is 0.0799. The first-order valence-electron chi connectivity index (χ1n) is 7.27. The summed E-state index contributed by atoms with van der Waals surface area (Å²) in [5, 5.41) is 7.41. The van der Waals surface area contributed by atoms with Gasteiger partial charge in [0.2, 0.25) is 5.95 Å². The van der Waals surface area contributed by atoms with E-state index in [-0.39, 0.29) is 6.10 Å². The SMILES string of the molecule is CC1CCOC1c1nc(N2CCCC(CN)C2)n[nH]1. The molecule has 2 aliphatic rings. The van der Waals surface area contributed by atoms with Crippen molar-refractivity contribution in [2.45, 2.75) is 32.3 Å². The summed E-state index contributed by atoms with van der Waals surface area (Å²) in [5.41, 5.74) is 5.77. The zero-order chi connectivity index (χ0) is 13.2. The molecule has 2 fully saturated rings. The smallest absolute Gasteiger partial charge is 0.244 e. The van der Waals surface area contributed by atoms with Crippen LogP contribution in [0, 0.1) is 11.8 Å². The van der Waals surface area contributed by atoms with Crippen molar-refractivity contribution in [1.82, 2.24) is 15.2 Å². The van der Waals surface area contributed by atoms with Crippen LogP contribution < -0.4 is 10.6 Å². The number of nitrogens with one attached hydrogen (secondary N) is 1. The molecule has 6 nitrogen and oxygen atoms in total. The van der Waals surface area contributed by atoms with Crippen molar-refractivity contribution < 1.29 is 4.74 Å². The molecule has 3 atom stereocenters. The Kier molecular flexibility index (Phi) is 3.70. The van der Waals surface area contributed by atoms with Crippen molar-refractivity contribution in [3.63, 3.8) is 0 Å². The monoisotopic (exact) mass is 265 g/mol. The maximum Gasteiger partial charge on any atom is 0.244 e.